The fraction of sp³-hybridized carbons (Fsp3) is 0.0500. The number of benzene rings is 2. The second kappa shape index (κ2) is 6.27. The molecular weight excluding hydrogens is 270 g/mol. The Morgan fingerprint density at radius 2 is 1.32 bits per heavy atom. The van der Waals surface area contributed by atoms with Crippen LogP contribution in [0, 0.1) is 0 Å². The van der Waals surface area contributed by atoms with Crippen LogP contribution in [0.5, 0.6) is 0 Å². The van der Waals surface area contributed by atoms with Crippen LogP contribution >= 0.6 is 0 Å². The quantitative estimate of drug-likeness (QED) is 0.653. The molecular formula is C20H17NO. The minimum atomic E-state index is -0.00967. The van der Waals surface area contributed by atoms with E-state index in [0.717, 1.165) is 11.1 Å². The van der Waals surface area contributed by atoms with Crippen LogP contribution in [0.25, 0.3) is 22.3 Å². The van der Waals surface area contributed by atoms with Crippen LogP contribution in [-0.4, -0.2) is 4.57 Å². The maximum absolute atomic E-state index is 11.7. The smallest absolute Gasteiger partial charge is 0.250 e. The lowest BCUT2D eigenvalue weighted by Gasteiger charge is -2.08. The van der Waals surface area contributed by atoms with Gasteiger partial charge in [-0.15, -0.1) is 6.58 Å². The summed E-state index contributed by atoms with van der Waals surface area (Å²) in [5.41, 5.74) is 4.50. The van der Waals surface area contributed by atoms with Crippen LogP contribution < -0.4 is 5.56 Å². The molecule has 0 saturated heterocycles. The third-order valence-electron chi connectivity index (χ3n) is 3.63. The zero-order chi connectivity index (χ0) is 15.4. The zero-order valence-corrected chi connectivity index (χ0v) is 12.3. The van der Waals surface area contributed by atoms with Gasteiger partial charge in [0.25, 0.3) is 5.56 Å². The molecule has 2 aromatic carbocycles. The van der Waals surface area contributed by atoms with E-state index in [0.29, 0.717) is 6.54 Å². The van der Waals surface area contributed by atoms with Crippen molar-refractivity contribution < 1.29 is 0 Å². The summed E-state index contributed by atoms with van der Waals surface area (Å²) in [5, 5.41) is 0. The Kier molecular flexibility index (Phi) is 4.01. The molecule has 1 aromatic heterocycles. The number of pyridine rings is 1. The van der Waals surface area contributed by atoms with Crippen molar-refractivity contribution >= 4 is 0 Å². The van der Waals surface area contributed by atoms with Crippen molar-refractivity contribution in [2.45, 2.75) is 6.54 Å². The zero-order valence-electron chi connectivity index (χ0n) is 12.3. The predicted molar refractivity (Wildman–Crippen MR) is 91.8 cm³/mol. The van der Waals surface area contributed by atoms with Crippen molar-refractivity contribution in [2.75, 3.05) is 0 Å². The summed E-state index contributed by atoms with van der Waals surface area (Å²) in [7, 11) is 0. The molecule has 0 aliphatic heterocycles. The molecule has 0 atom stereocenters. The highest BCUT2D eigenvalue weighted by atomic mass is 16.1. The predicted octanol–water partition coefficient (Wildman–Crippen LogP) is 4.37. The minimum absolute atomic E-state index is 0.00967. The number of hydrogen-bond donors (Lipinski definition) is 0. The lowest BCUT2D eigenvalue weighted by atomic mass is 10.0. The molecule has 2 heteroatoms. The SMILES string of the molecule is C=CCn1cc(-c2ccc(-c3ccccc3)cc2)ccc1=O. The van der Waals surface area contributed by atoms with Gasteiger partial charge >= 0.3 is 0 Å². The molecule has 0 unspecified atom stereocenters. The molecule has 3 aromatic rings. The molecule has 0 aliphatic carbocycles. The lowest BCUT2D eigenvalue weighted by Crippen LogP contribution is -2.17. The first kappa shape index (κ1) is 14.1. The average Bonchev–Trinajstić information content (AvgIpc) is 2.58. The van der Waals surface area contributed by atoms with Crippen molar-refractivity contribution in [1.29, 1.82) is 0 Å². The maximum Gasteiger partial charge on any atom is 0.250 e. The maximum atomic E-state index is 11.7. The van der Waals surface area contributed by atoms with E-state index in [1.165, 1.54) is 11.1 Å². The van der Waals surface area contributed by atoms with Crippen LogP contribution in [0.1, 0.15) is 0 Å². The Morgan fingerprint density at radius 1 is 0.773 bits per heavy atom. The van der Waals surface area contributed by atoms with Crippen molar-refractivity contribution in [3.63, 3.8) is 0 Å². The Balaban J connectivity index is 1.95. The number of allylic oxidation sites excluding steroid dienone is 1. The number of nitrogens with zero attached hydrogens (tertiary/aromatic N) is 1. The largest absolute Gasteiger partial charge is 0.311 e. The molecule has 0 amide bonds. The molecule has 1 heterocycles. The number of hydrogen-bond acceptors (Lipinski definition) is 1. The first-order chi connectivity index (χ1) is 10.8. The average molecular weight is 287 g/mol. The Hall–Kier alpha value is -2.87. The van der Waals surface area contributed by atoms with Crippen LogP contribution in [0.3, 0.4) is 0 Å². The second-order valence-corrected chi connectivity index (χ2v) is 5.14. The number of aromatic nitrogens is 1. The summed E-state index contributed by atoms with van der Waals surface area (Å²) in [4.78, 5) is 11.7. The van der Waals surface area contributed by atoms with Crippen LogP contribution in [0.4, 0.5) is 0 Å². The van der Waals surface area contributed by atoms with E-state index in [2.05, 4.69) is 43.0 Å². The molecule has 0 spiro atoms. The molecule has 0 radical (unpaired) electrons. The van der Waals surface area contributed by atoms with Gasteiger partial charge in [-0.05, 0) is 28.3 Å². The second-order valence-electron chi connectivity index (χ2n) is 5.14. The summed E-state index contributed by atoms with van der Waals surface area (Å²) in [6.45, 7) is 4.21. The van der Waals surface area contributed by atoms with Gasteiger partial charge in [0.1, 0.15) is 0 Å². The molecule has 108 valence electrons. The van der Waals surface area contributed by atoms with Crippen LogP contribution in [0.2, 0.25) is 0 Å². The topological polar surface area (TPSA) is 22.0 Å². The van der Waals surface area contributed by atoms with Gasteiger partial charge in [-0.25, -0.2) is 0 Å². The van der Waals surface area contributed by atoms with Crippen LogP contribution in [-0.2, 0) is 6.54 Å². The number of rotatable bonds is 4. The summed E-state index contributed by atoms with van der Waals surface area (Å²) in [6.07, 6.45) is 3.60. The van der Waals surface area contributed by atoms with Crippen molar-refractivity contribution in [3.05, 3.63) is 95.9 Å². The highest BCUT2D eigenvalue weighted by molar-refractivity contribution is 5.69. The summed E-state index contributed by atoms with van der Waals surface area (Å²) in [6, 6.07) is 22.1. The molecule has 0 saturated carbocycles. The van der Waals surface area contributed by atoms with E-state index in [4.69, 9.17) is 0 Å². The van der Waals surface area contributed by atoms with Gasteiger partial charge < -0.3 is 4.57 Å². The molecule has 0 aliphatic rings. The van der Waals surface area contributed by atoms with E-state index < -0.39 is 0 Å². The van der Waals surface area contributed by atoms with Crippen molar-refractivity contribution in [1.82, 2.24) is 4.57 Å². The normalized spacial score (nSPS) is 10.4. The standard InChI is InChI=1S/C20H17NO/c1-2-14-21-15-19(12-13-20(21)22)18-10-8-17(9-11-18)16-6-4-3-5-7-16/h2-13,15H,1,14H2. The van der Waals surface area contributed by atoms with E-state index in [9.17, 15) is 4.79 Å². The van der Waals surface area contributed by atoms with Gasteiger partial charge in [-0.2, -0.15) is 0 Å². The van der Waals surface area contributed by atoms with E-state index in [-0.39, 0.29) is 5.56 Å². The summed E-state index contributed by atoms with van der Waals surface area (Å²) in [5.74, 6) is 0. The third kappa shape index (κ3) is 2.91. The Bertz CT molecular complexity index is 830. The highest BCUT2D eigenvalue weighted by Crippen LogP contribution is 2.24. The molecule has 0 N–H and O–H groups in total. The molecule has 0 fully saturated rings. The van der Waals surface area contributed by atoms with Gasteiger partial charge in [0.15, 0.2) is 0 Å². The van der Waals surface area contributed by atoms with E-state index in [1.807, 2.05) is 30.5 Å². The summed E-state index contributed by atoms with van der Waals surface area (Å²) < 4.78 is 1.66. The van der Waals surface area contributed by atoms with Crippen LogP contribution in [0.15, 0.2) is 90.4 Å². The third-order valence-corrected chi connectivity index (χ3v) is 3.63. The molecule has 2 nitrogen and oxygen atoms in total. The minimum Gasteiger partial charge on any atom is -0.311 e. The van der Waals surface area contributed by atoms with Crippen molar-refractivity contribution in [2.24, 2.45) is 0 Å². The van der Waals surface area contributed by atoms with Gasteiger partial charge in [0.05, 0.1) is 0 Å². The monoisotopic (exact) mass is 287 g/mol. The Morgan fingerprint density at radius 3 is 1.95 bits per heavy atom. The highest BCUT2D eigenvalue weighted by Gasteiger charge is 2.02. The first-order valence-corrected chi connectivity index (χ1v) is 7.25. The van der Waals surface area contributed by atoms with E-state index in [1.54, 1.807) is 16.7 Å². The summed E-state index contributed by atoms with van der Waals surface area (Å²) >= 11 is 0. The van der Waals surface area contributed by atoms with Gasteiger partial charge in [0, 0.05) is 18.8 Å². The molecule has 3 rings (SSSR count). The van der Waals surface area contributed by atoms with Gasteiger partial charge in [-0.1, -0.05) is 60.7 Å². The van der Waals surface area contributed by atoms with Gasteiger partial charge in [0.2, 0.25) is 0 Å². The first-order valence-electron chi connectivity index (χ1n) is 7.25. The lowest BCUT2D eigenvalue weighted by molar-refractivity contribution is 0.782. The molecule has 22 heavy (non-hydrogen) atoms. The fourth-order valence-electron chi connectivity index (χ4n) is 2.47. The Labute approximate surface area is 130 Å². The van der Waals surface area contributed by atoms with Crippen molar-refractivity contribution in [3.8, 4) is 22.3 Å². The van der Waals surface area contributed by atoms with E-state index >= 15 is 0 Å². The molecule has 0 bridgehead atoms. The fourth-order valence-corrected chi connectivity index (χ4v) is 2.47. The van der Waals surface area contributed by atoms with Gasteiger partial charge in [-0.3, -0.25) is 4.79 Å².